The molecule has 0 aliphatic rings. The first-order valence-electron chi connectivity index (χ1n) is 4.24. The highest BCUT2D eigenvalue weighted by Gasteiger charge is 2.05. The molecule has 0 aliphatic carbocycles. The maximum absolute atomic E-state index is 10.4. The Morgan fingerprint density at radius 3 is 2.73 bits per heavy atom. The van der Waals surface area contributed by atoms with Crippen LogP contribution >= 0.6 is 0 Å². The topological polar surface area (TPSA) is 72.6 Å². The summed E-state index contributed by atoms with van der Waals surface area (Å²) in [7, 11) is 1.44. The van der Waals surface area contributed by atoms with Crippen molar-refractivity contribution in [2.45, 2.75) is 6.92 Å². The second kappa shape index (κ2) is 4.45. The summed E-state index contributed by atoms with van der Waals surface area (Å²) in [4.78, 5) is 9.88. The third-order valence-corrected chi connectivity index (χ3v) is 1.87. The van der Waals surface area contributed by atoms with Crippen LogP contribution in [0.5, 0.6) is 11.5 Å². The van der Waals surface area contributed by atoms with Gasteiger partial charge in [-0.1, -0.05) is 6.07 Å². The summed E-state index contributed by atoms with van der Waals surface area (Å²) in [6.45, 7) is 1.39. The summed E-state index contributed by atoms with van der Waals surface area (Å²) in [5.74, 6) is 0.299. The average Bonchev–Trinajstić information content (AvgIpc) is 2.18. The van der Waals surface area contributed by atoms with Crippen LogP contribution < -0.4 is 4.74 Å². The summed E-state index contributed by atoms with van der Waals surface area (Å²) in [5, 5.41) is 19.8. The van der Waals surface area contributed by atoms with Crippen LogP contribution in [0, 0.1) is 10.1 Å². The summed E-state index contributed by atoms with van der Waals surface area (Å²) in [6, 6.07) is 4.59. The van der Waals surface area contributed by atoms with Gasteiger partial charge in [0.05, 0.1) is 12.0 Å². The van der Waals surface area contributed by atoms with Crippen LogP contribution in [0.15, 0.2) is 23.9 Å². The zero-order chi connectivity index (χ0) is 11.4. The molecule has 0 radical (unpaired) electrons. The number of hydrogen-bond donors (Lipinski definition) is 1. The van der Waals surface area contributed by atoms with Crippen molar-refractivity contribution in [3.8, 4) is 11.5 Å². The molecule has 80 valence electrons. The Labute approximate surface area is 86.8 Å². The molecular weight excluding hydrogens is 198 g/mol. The van der Waals surface area contributed by atoms with Crippen molar-refractivity contribution in [1.29, 1.82) is 0 Å². The summed E-state index contributed by atoms with van der Waals surface area (Å²) < 4.78 is 4.85. The molecule has 5 heteroatoms. The fourth-order valence-electron chi connectivity index (χ4n) is 1.09. The quantitative estimate of drug-likeness (QED) is 0.610. The third kappa shape index (κ3) is 2.70. The number of aromatic hydroxyl groups is 1. The second-order valence-electron chi connectivity index (χ2n) is 2.97. The third-order valence-electron chi connectivity index (χ3n) is 1.87. The zero-order valence-corrected chi connectivity index (χ0v) is 8.43. The Kier molecular flexibility index (Phi) is 3.28. The van der Waals surface area contributed by atoms with E-state index in [2.05, 4.69) is 0 Å². The molecule has 0 spiro atoms. The van der Waals surface area contributed by atoms with Gasteiger partial charge in [-0.25, -0.2) is 0 Å². The van der Waals surface area contributed by atoms with Gasteiger partial charge in [0.1, 0.15) is 0 Å². The smallest absolute Gasteiger partial charge is 0.243 e. The predicted octanol–water partition coefficient (Wildman–Crippen LogP) is 2.04. The maximum atomic E-state index is 10.4. The number of rotatable bonds is 3. The summed E-state index contributed by atoms with van der Waals surface area (Å²) in [5.41, 5.74) is 0.571. The molecule has 0 amide bonds. The predicted molar refractivity (Wildman–Crippen MR) is 55.3 cm³/mol. The highest BCUT2D eigenvalue weighted by molar-refractivity contribution is 5.56. The minimum Gasteiger partial charge on any atom is -0.504 e. The lowest BCUT2D eigenvalue weighted by molar-refractivity contribution is -0.422. The van der Waals surface area contributed by atoms with Crippen LogP contribution in [0.4, 0.5) is 0 Å². The van der Waals surface area contributed by atoms with Crippen molar-refractivity contribution in [1.82, 2.24) is 0 Å². The number of allylic oxidation sites excluding steroid dienone is 1. The van der Waals surface area contributed by atoms with Crippen LogP contribution in [-0.4, -0.2) is 17.1 Å². The lowest BCUT2D eigenvalue weighted by atomic mass is 10.2. The van der Waals surface area contributed by atoms with Gasteiger partial charge in [0.2, 0.25) is 5.70 Å². The van der Waals surface area contributed by atoms with Gasteiger partial charge in [-0.05, 0) is 17.7 Å². The van der Waals surface area contributed by atoms with Gasteiger partial charge >= 0.3 is 0 Å². The fraction of sp³-hybridized carbons (Fsp3) is 0.200. The van der Waals surface area contributed by atoms with Crippen molar-refractivity contribution in [2.75, 3.05) is 7.11 Å². The number of benzene rings is 1. The van der Waals surface area contributed by atoms with E-state index in [0.29, 0.717) is 11.3 Å². The van der Waals surface area contributed by atoms with Gasteiger partial charge in [0.25, 0.3) is 0 Å². The Morgan fingerprint density at radius 1 is 1.60 bits per heavy atom. The first-order valence-corrected chi connectivity index (χ1v) is 4.24. The first kappa shape index (κ1) is 11.0. The van der Waals surface area contributed by atoms with E-state index in [1.54, 1.807) is 12.1 Å². The molecule has 0 saturated carbocycles. The van der Waals surface area contributed by atoms with E-state index in [0.717, 1.165) is 0 Å². The Balaban J connectivity index is 3.03. The highest BCUT2D eigenvalue weighted by Crippen LogP contribution is 2.27. The number of phenolic OH excluding ortho intramolecular Hbond substituents is 1. The van der Waals surface area contributed by atoms with E-state index >= 15 is 0 Å². The second-order valence-corrected chi connectivity index (χ2v) is 2.97. The number of nitro groups is 1. The summed E-state index contributed by atoms with van der Waals surface area (Å²) in [6.07, 6.45) is 1.37. The molecule has 0 saturated heterocycles. The number of nitrogens with zero attached hydrogens (tertiary/aromatic N) is 1. The minimum atomic E-state index is -0.485. The van der Waals surface area contributed by atoms with E-state index < -0.39 is 4.92 Å². The van der Waals surface area contributed by atoms with Crippen LogP contribution in [0.25, 0.3) is 6.08 Å². The van der Waals surface area contributed by atoms with E-state index in [1.165, 1.54) is 26.2 Å². The van der Waals surface area contributed by atoms with Gasteiger partial charge in [-0.15, -0.1) is 0 Å². The Bertz CT molecular complexity index is 412. The fourth-order valence-corrected chi connectivity index (χ4v) is 1.09. The molecule has 5 nitrogen and oxygen atoms in total. The zero-order valence-electron chi connectivity index (χ0n) is 8.43. The molecule has 15 heavy (non-hydrogen) atoms. The van der Waals surface area contributed by atoms with Gasteiger partial charge in [0.15, 0.2) is 11.5 Å². The van der Waals surface area contributed by atoms with Gasteiger partial charge < -0.3 is 9.84 Å². The molecule has 0 unspecified atom stereocenters. The van der Waals surface area contributed by atoms with E-state index in [4.69, 9.17) is 4.74 Å². The molecule has 0 aliphatic heterocycles. The molecule has 0 bridgehead atoms. The van der Waals surface area contributed by atoms with Crippen molar-refractivity contribution in [3.05, 3.63) is 39.6 Å². The molecule has 1 rings (SSSR count). The maximum Gasteiger partial charge on any atom is 0.243 e. The molecule has 0 atom stereocenters. The standard InChI is InChI=1S/C10H11NO4/c1-7(11(13)14)5-8-3-4-10(15-2)9(12)6-8/h3-6,12H,1-2H3/b7-5-. The molecule has 1 aromatic carbocycles. The van der Waals surface area contributed by atoms with Crippen LogP contribution in [-0.2, 0) is 0 Å². The van der Waals surface area contributed by atoms with E-state index in [1.807, 2.05) is 0 Å². The minimum absolute atomic E-state index is 0.0135. The number of ether oxygens (including phenoxy) is 1. The largest absolute Gasteiger partial charge is 0.504 e. The van der Waals surface area contributed by atoms with Crippen molar-refractivity contribution in [2.24, 2.45) is 0 Å². The van der Waals surface area contributed by atoms with Crippen LogP contribution in [0.3, 0.4) is 0 Å². The molecule has 0 aromatic heterocycles. The normalized spacial score (nSPS) is 11.2. The lowest BCUT2D eigenvalue weighted by Crippen LogP contribution is -1.93. The number of methoxy groups -OCH3 is 1. The molecule has 1 aromatic rings. The van der Waals surface area contributed by atoms with Crippen molar-refractivity contribution in [3.63, 3.8) is 0 Å². The van der Waals surface area contributed by atoms with Gasteiger partial charge in [0, 0.05) is 13.0 Å². The Morgan fingerprint density at radius 2 is 2.27 bits per heavy atom. The van der Waals surface area contributed by atoms with Crippen LogP contribution in [0.1, 0.15) is 12.5 Å². The molecule has 0 fully saturated rings. The number of hydrogen-bond acceptors (Lipinski definition) is 4. The lowest BCUT2D eigenvalue weighted by Gasteiger charge is -2.03. The average molecular weight is 209 g/mol. The van der Waals surface area contributed by atoms with Crippen LogP contribution in [0.2, 0.25) is 0 Å². The number of phenols is 1. The molecule has 1 N–H and O–H groups in total. The first-order chi connectivity index (χ1) is 7.04. The SMILES string of the molecule is COc1ccc(/C=C(/C)[N+](=O)[O-])cc1O. The monoisotopic (exact) mass is 209 g/mol. The summed E-state index contributed by atoms with van der Waals surface area (Å²) >= 11 is 0. The van der Waals surface area contributed by atoms with E-state index in [9.17, 15) is 15.2 Å². The molecular formula is C10H11NO4. The van der Waals surface area contributed by atoms with Gasteiger partial charge in [-0.3, -0.25) is 10.1 Å². The van der Waals surface area contributed by atoms with Gasteiger partial charge in [-0.2, -0.15) is 0 Å². The highest BCUT2D eigenvalue weighted by atomic mass is 16.6. The van der Waals surface area contributed by atoms with Crippen molar-refractivity contribution < 1.29 is 14.8 Å². The van der Waals surface area contributed by atoms with Crippen molar-refractivity contribution >= 4 is 6.08 Å². The molecule has 0 heterocycles. The Hall–Kier alpha value is -2.04. The van der Waals surface area contributed by atoms with E-state index in [-0.39, 0.29) is 11.4 Å².